The molecule has 0 heterocycles. The Hall–Kier alpha value is -1.63. The zero-order chi connectivity index (χ0) is 14.0. The van der Waals surface area contributed by atoms with Crippen LogP contribution in [-0.4, -0.2) is 5.78 Å². The minimum absolute atomic E-state index is 0.205. The molecule has 3 atom stereocenters. The molecule has 1 fully saturated rings. The molecule has 0 N–H and O–H groups in total. The highest BCUT2D eigenvalue weighted by Crippen LogP contribution is 2.63. The van der Waals surface area contributed by atoms with Gasteiger partial charge in [0.1, 0.15) is 5.78 Å². The van der Waals surface area contributed by atoms with Gasteiger partial charge in [-0.3, -0.25) is 0 Å². The second-order valence-electron chi connectivity index (χ2n) is 6.21. The second-order valence-corrected chi connectivity index (χ2v) is 6.21. The van der Waals surface area contributed by atoms with Crippen LogP contribution in [0.25, 0.3) is 0 Å². The molecule has 0 amide bonds. The van der Waals surface area contributed by atoms with Crippen molar-refractivity contribution in [2.75, 3.05) is 0 Å². The minimum atomic E-state index is 0.205. The topological polar surface area (TPSA) is 17.1 Å². The Morgan fingerprint density at radius 3 is 3.05 bits per heavy atom. The lowest BCUT2D eigenvalue weighted by Gasteiger charge is -2.27. The molecule has 0 aliphatic heterocycles. The van der Waals surface area contributed by atoms with Crippen LogP contribution in [-0.2, 0) is 4.79 Å². The molecule has 0 aromatic rings. The molecule has 1 heteroatoms. The Morgan fingerprint density at radius 2 is 2.20 bits per heavy atom. The third-order valence-electron chi connectivity index (χ3n) is 4.78. The van der Waals surface area contributed by atoms with Gasteiger partial charge in [0.2, 0.25) is 0 Å². The van der Waals surface area contributed by atoms with Crippen molar-refractivity contribution in [2.45, 2.75) is 32.6 Å². The zero-order valence-corrected chi connectivity index (χ0v) is 12.1. The lowest BCUT2D eigenvalue weighted by Crippen LogP contribution is -2.21. The maximum Gasteiger partial charge on any atom is 0.130 e. The van der Waals surface area contributed by atoms with Crippen molar-refractivity contribution in [3.8, 4) is 0 Å². The summed E-state index contributed by atoms with van der Waals surface area (Å²) in [5, 5.41) is 0. The monoisotopic (exact) mass is 266 g/mol. The van der Waals surface area contributed by atoms with Gasteiger partial charge < -0.3 is 4.79 Å². The molecule has 3 unspecified atom stereocenters. The molecule has 0 aromatic heterocycles. The summed E-state index contributed by atoms with van der Waals surface area (Å²) in [5.41, 5.74) is 1.61. The van der Waals surface area contributed by atoms with E-state index in [1.165, 1.54) is 12.0 Å². The Bertz CT molecular complexity index is 544. The summed E-state index contributed by atoms with van der Waals surface area (Å²) in [6, 6.07) is 0. The quantitative estimate of drug-likeness (QED) is 0.682. The first-order valence-corrected chi connectivity index (χ1v) is 7.58. The summed E-state index contributed by atoms with van der Waals surface area (Å²) in [6.45, 7) is 1.72. The number of allylic oxidation sites excluding steroid dienone is 10. The molecule has 20 heavy (non-hydrogen) atoms. The van der Waals surface area contributed by atoms with E-state index in [0.717, 1.165) is 12.8 Å². The van der Waals surface area contributed by atoms with Gasteiger partial charge in [-0.15, -0.1) is 0 Å². The first-order chi connectivity index (χ1) is 9.72. The number of carbonyl (C=O) groups excluding carboxylic acids is 1. The van der Waals surface area contributed by atoms with E-state index < -0.39 is 0 Å². The van der Waals surface area contributed by atoms with E-state index in [2.05, 4.69) is 54.7 Å². The average molecular weight is 266 g/mol. The van der Waals surface area contributed by atoms with Crippen LogP contribution < -0.4 is 0 Å². The standard InChI is InChI=1S/C19H22O/c1-15(20)13-18(16-9-5-2-3-6-10-16)19-12-8-4-7-11-17(19)14-19/h2-3,5-9,11-12,17-18H,4,10,13-14H2,1H3. The Morgan fingerprint density at radius 1 is 1.30 bits per heavy atom. The highest BCUT2D eigenvalue weighted by atomic mass is 16.1. The fraction of sp³-hybridized carbons (Fsp3) is 0.421. The molecule has 0 bridgehead atoms. The number of Topliss-reactive ketones (excluding diaryl/α,β-unsaturated/α-hetero) is 1. The van der Waals surface area contributed by atoms with E-state index in [4.69, 9.17) is 0 Å². The summed E-state index contributed by atoms with van der Waals surface area (Å²) >= 11 is 0. The van der Waals surface area contributed by atoms with Gasteiger partial charge in [0, 0.05) is 11.8 Å². The molecule has 0 saturated heterocycles. The van der Waals surface area contributed by atoms with E-state index in [1.54, 1.807) is 6.92 Å². The smallest absolute Gasteiger partial charge is 0.130 e. The van der Waals surface area contributed by atoms with Crippen LogP contribution in [0.3, 0.4) is 0 Å². The van der Waals surface area contributed by atoms with Crippen LogP contribution in [0, 0.1) is 17.3 Å². The van der Waals surface area contributed by atoms with E-state index >= 15 is 0 Å². The second kappa shape index (κ2) is 5.40. The highest BCUT2D eigenvalue weighted by Gasteiger charge is 2.56. The van der Waals surface area contributed by atoms with E-state index in [9.17, 15) is 4.79 Å². The van der Waals surface area contributed by atoms with Crippen molar-refractivity contribution in [1.29, 1.82) is 0 Å². The molecule has 0 radical (unpaired) electrons. The largest absolute Gasteiger partial charge is 0.300 e. The number of hydrogen-bond donors (Lipinski definition) is 0. The van der Waals surface area contributed by atoms with Gasteiger partial charge in [-0.25, -0.2) is 0 Å². The number of hydrogen-bond acceptors (Lipinski definition) is 1. The van der Waals surface area contributed by atoms with Crippen molar-refractivity contribution < 1.29 is 4.79 Å². The first-order valence-electron chi connectivity index (χ1n) is 7.58. The number of fused-ring (bicyclic) bond motifs is 1. The molecular formula is C19H22O. The highest BCUT2D eigenvalue weighted by molar-refractivity contribution is 5.76. The molecule has 3 rings (SSSR count). The van der Waals surface area contributed by atoms with Gasteiger partial charge in [0.05, 0.1) is 0 Å². The van der Waals surface area contributed by atoms with Crippen LogP contribution in [0.5, 0.6) is 0 Å². The molecule has 0 aromatic carbocycles. The summed E-state index contributed by atoms with van der Waals surface area (Å²) < 4.78 is 0. The molecule has 104 valence electrons. The minimum Gasteiger partial charge on any atom is -0.300 e. The Labute approximate surface area is 121 Å². The number of rotatable bonds is 4. The summed E-state index contributed by atoms with van der Waals surface area (Å²) in [5.74, 6) is 1.29. The predicted octanol–water partition coefficient (Wildman–Crippen LogP) is 4.55. The SMILES string of the molecule is CC(=O)CC(C1=CC=CC=CC1)C12C=CCC=CC1C2. The van der Waals surface area contributed by atoms with Crippen molar-refractivity contribution >= 4 is 5.78 Å². The van der Waals surface area contributed by atoms with Crippen LogP contribution in [0.2, 0.25) is 0 Å². The summed E-state index contributed by atoms with van der Waals surface area (Å²) in [6.07, 6.45) is 23.9. The molecule has 3 aliphatic rings. The third-order valence-corrected chi connectivity index (χ3v) is 4.78. The Kier molecular flexibility index (Phi) is 3.60. The molecule has 1 nitrogen and oxygen atoms in total. The summed E-state index contributed by atoms with van der Waals surface area (Å²) in [7, 11) is 0. The molecular weight excluding hydrogens is 244 g/mol. The predicted molar refractivity (Wildman–Crippen MR) is 83.2 cm³/mol. The third kappa shape index (κ3) is 2.49. The van der Waals surface area contributed by atoms with E-state index in [1.807, 2.05) is 0 Å². The van der Waals surface area contributed by atoms with Gasteiger partial charge in [0.25, 0.3) is 0 Å². The van der Waals surface area contributed by atoms with Crippen LogP contribution in [0.1, 0.15) is 32.6 Å². The van der Waals surface area contributed by atoms with Crippen LogP contribution in [0.4, 0.5) is 0 Å². The first kappa shape index (κ1) is 13.4. The lowest BCUT2D eigenvalue weighted by atomic mass is 9.76. The van der Waals surface area contributed by atoms with Gasteiger partial charge in [-0.1, -0.05) is 60.3 Å². The van der Waals surface area contributed by atoms with Gasteiger partial charge in [-0.05, 0) is 38.0 Å². The fourth-order valence-corrected chi connectivity index (χ4v) is 3.69. The van der Waals surface area contributed by atoms with E-state index in [-0.39, 0.29) is 5.41 Å². The van der Waals surface area contributed by atoms with Gasteiger partial charge >= 0.3 is 0 Å². The fourth-order valence-electron chi connectivity index (χ4n) is 3.69. The van der Waals surface area contributed by atoms with Crippen LogP contribution in [0.15, 0.2) is 60.3 Å². The Balaban J connectivity index is 1.93. The normalized spacial score (nSPS) is 32.0. The van der Waals surface area contributed by atoms with Crippen molar-refractivity contribution in [1.82, 2.24) is 0 Å². The maximum absolute atomic E-state index is 11.8. The van der Waals surface area contributed by atoms with Gasteiger partial charge in [-0.2, -0.15) is 0 Å². The summed E-state index contributed by atoms with van der Waals surface area (Å²) in [4.78, 5) is 11.8. The van der Waals surface area contributed by atoms with Crippen molar-refractivity contribution in [2.24, 2.45) is 17.3 Å². The zero-order valence-electron chi connectivity index (χ0n) is 12.1. The maximum atomic E-state index is 11.8. The number of ketones is 1. The van der Waals surface area contributed by atoms with E-state index in [0.29, 0.717) is 24.0 Å². The molecule has 3 aliphatic carbocycles. The molecule has 1 saturated carbocycles. The van der Waals surface area contributed by atoms with Crippen molar-refractivity contribution in [3.05, 3.63) is 60.3 Å². The lowest BCUT2D eigenvalue weighted by molar-refractivity contribution is -0.118. The van der Waals surface area contributed by atoms with Crippen molar-refractivity contribution in [3.63, 3.8) is 0 Å². The van der Waals surface area contributed by atoms with Crippen LogP contribution >= 0.6 is 0 Å². The molecule has 0 spiro atoms. The number of carbonyl (C=O) groups is 1. The average Bonchev–Trinajstić information content (AvgIpc) is 3.16. The van der Waals surface area contributed by atoms with Gasteiger partial charge in [0.15, 0.2) is 0 Å².